The molecule has 0 saturated heterocycles. The average molecular weight is 328 g/mol. The lowest BCUT2D eigenvalue weighted by Crippen LogP contribution is -2.25. The van der Waals surface area contributed by atoms with Gasteiger partial charge in [-0.3, -0.25) is 4.79 Å². The maximum Gasteiger partial charge on any atom is 0.240 e. The Labute approximate surface area is 132 Å². The Morgan fingerprint density at radius 3 is 2.36 bits per heavy atom. The molecule has 0 aliphatic rings. The molecular weight excluding hydrogens is 304 g/mol. The Morgan fingerprint density at radius 2 is 1.77 bits per heavy atom. The molecule has 7 heteroatoms. The topological polar surface area (TPSA) is 84.5 Å². The van der Waals surface area contributed by atoms with E-state index in [1.54, 1.807) is 12.1 Å². The summed E-state index contributed by atoms with van der Waals surface area (Å²) in [6, 6.07) is 6.05. The van der Waals surface area contributed by atoms with Crippen molar-refractivity contribution in [3.63, 3.8) is 0 Å². The fourth-order valence-corrected chi connectivity index (χ4v) is 2.81. The van der Waals surface area contributed by atoms with E-state index >= 15 is 0 Å². The zero-order valence-electron chi connectivity index (χ0n) is 13.1. The van der Waals surface area contributed by atoms with E-state index in [-0.39, 0.29) is 10.8 Å². The maximum atomic E-state index is 12.1. The van der Waals surface area contributed by atoms with E-state index in [2.05, 4.69) is 17.0 Å². The molecule has 0 aliphatic carbocycles. The van der Waals surface area contributed by atoms with Gasteiger partial charge in [-0.15, -0.1) is 0 Å². The Balaban J connectivity index is 2.40. The first kappa shape index (κ1) is 18.6. The summed E-state index contributed by atoms with van der Waals surface area (Å²) in [5, 5.41) is 2.59. The van der Waals surface area contributed by atoms with Crippen LogP contribution in [0.3, 0.4) is 0 Å². The standard InChI is InChI=1S/C15H24N2O4S/c1-3-4-11-21-12-5-10-16-22(19,20)15-8-6-14(7-9-15)17-13(2)18/h6-9,16H,3-5,10-12H2,1-2H3,(H,17,18). The molecule has 0 spiro atoms. The SMILES string of the molecule is CCCCOCCCNS(=O)(=O)c1ccc(NC(C)=O)cc1. The van der Waals surface area contributed by atoms with Crippen molar-refractivity contribution < 1.29 is 17.9 Å². The predicted octanol–water partition coefficient (Wildman–Crippen LogP) is 2.13. The molecule has 22 heavy (non-hydrogen) atoms. The Hall–Kier alpha value is -1.44. The molecule has 0 bridgehead atoms. The molecule has 0 heterocycles. The second-order valence-corrected chi connectivity index (χ2v) is 6.69. The average Bonchev–Trinajstić information content (AvgIpc) is 2.46. The molecular formula is C15H24N2O4S. The van der Waals surface area contributed by atoms with E-state index in [4.69, 9.17) is 4.74 Å². The van der Waals surface area contributed by atoms with E-state index in [9.17, 15) is 13.2 Å². The molecule has 2 N–H and O–H groups in total. The van der Waals surface area contributed by atoms with Crippen molar-refractivity contribution in [2.45, 2.75) is 38.0 Å². The van der Waals surface area contributed by atoms with Gasteiger partial charge < -0.3 is 10.1 Å². The highest BCUT2D eigenvalue weighted by Gasteiger charge is 2.12. The summed E-state index contributed by atoms with van der Waals surface area (Å²) in [5.41, 5.74) is 0.566. The third-order valence-electron chi connectivity index (χ3n) is 2.88. The van der Waals surface area contributed by atoms with Gasteiger partial charge in [0.05, 0.1) is 4.90 Å². The zero-order chi connectivity index (χ0) is 16.4. The number of nitrogens with one attached hydrogen (secondary N) is 2. The third kappa shape index (κ3) is 7.02. The van der Waals surface area contributed by atoms with Crippen molar-refractivity contribution in [1.82, 2.24) is 4.72 Å². The second-order valence-electron chi connectivity index (χ2n) is 4.92. The van der Waals surface area contributed by atoms with Crippen LogP contribution in [0.15, 0.2) is 29.2 Å². The largest absolute Gasteiger partial charge is 0.381 e. The molecule has 0 saturated carbocycles. The molecule has 0 aromatic heterocycles. The van der Waals surface area contributed by atoms with Crippen molar-refractivity contribution in [3.8, 4) is 0 Å². The van der Waals surface area contributed by atoms with Crippen molar-refractivity contribution in [2.24, 2.45) is 0 Å². The summed E-state index contributed by atoms with van der Waals surface area (Å²) in [5.74, 6) is -0.197. The first-order valence-electron chi connectivity index (χ1n) is 7.41. The van der Waals surface area contributed by atoms with Gasteiger partial charge in [-0.05, 0) is 37.1 Å². The van der Waals surface area contributed by atoms with E-state index in [1.165, 1.54) is 19.1 Å². The molecule has 0 fully saturated rings. The predicted molar refractivity (Wildman–Crippen MR) is 86.3 cm³/mol. The summed E-state index contributed by atoms with van der Waals surface area (Å²) in [7, 11) is -3.52. The number of carbonyl (C=O) groups excluding carboxylic acids is 1. The van der Waals surface area contributed by atoms with Gasteiger partial charge in [0, 0.05) is 32.4 Å². The highest BCUT2D eigenvalue weighted by molar-refractivity contribution is 7.89. The van der Waals surface area contributed by atoms with E-state index < -0.39 is 10.0 Å². The van der Waals surface area contributed by atoms with Crippen molar-refractivity contribution >= 4 is 21.6 Å². The van der Waals surface area contributed by atoms with E-state index in [0.29, 0.717) is 31.9 Å². The summed E-state index contributed by atoms with van der Waals surface area (Å²) in [4.78, 5) is 11.1. The molecule has 0 aliphatic heterocycles. The number of hydrogen-bond donors (Lipinski definition) is 2. The lowest BCUT2D eigenvalue weighted by atomic mass is 10.3. The van der Waals surface area contributed by atoms with Crippen LogP contribution >= 0.6 is 0 Å². The lowest BCUT2D eigenvalue weighted by molar-refractivity contribution is -0.114. The molecule has 6 nitrogen and oxygen atoms in total. The fourth-order valence-electron chi connectivity index (χ4n) is 1.73. The Morgan fingerprint density at radius 1 is 1.14 bits per heavy atom. The van der Waals surface area contributed by atoms with Gasteiger partial charge in [-0.2, -0.15) is 0 Å². The van der Waals surface area contributed by atoms with Gasteiger partial charge in [0.25, 0.3) is 0 Å². The van der Waals surface area contributed by atoms with Crippen molar-refractivity contribution in [1.29, 1.82) is 0 Å². The number of sulfonamides is 1. The number of carbonyl (C=O) groups is 1. The maximum absolute atomic E-state index is 12.1. The first-order chi connectivity index (χ1) is 10.5. The number of hydrogen-bond acceptors (Lipinski definition) is 4. The van der Waals surface area contributed by atoms with Crippen LogP contribution in [0.2, 0.25) is 0 Å². The van der Waals surface area contributed by atoms with Gasteiger partial charge in [-0.25, -0.2) is 13.1 Å². The minimum atomic E-state index is -3.52. The Bertz CT molecular complexity index is 555. The molecule has 1 aromatic rings. The number of benzene rings is 1. The minimum absolute atomic E-state index is 0.175. The van der Waals surface area contributed by atoms with Gasteiger partial charge >= 0.3 is 0 Å². The monoisotopic (exact) mass is 328 g/mol. The van der Waals surface area contributed by atoms with Gasteiger partial charge in [-0.1, -0.05) is 13.3 Å². The van der Waals surface area contributed by atoms with Crippen LogP contribution in [0, 0.1) is 0 Å². The molecule has 1 aromatic carbocycles. The summed E-state index contributed by atoms with van der Waals surface area (Å²) in [6.07, 6.45) is 2.74. The summed E-state index contributed by atoms with van der Waals surface area (Å²) < 4.78 is 32.0. The van der Waals surface area contributed by atoms with E-state index in [0.717, 1.165) is 12.8 Å². The van der Waals surface area contributed by atoms with Gasteiger partial charge in [0.15, 0.2) is 0 Å². The van der Waals surface area contributed by atoms with Crippen LogP contribution in [0.25, 0.3) is 0 Å². The fraction of sp³-hybridized carbons (Fsp3) is 0.533. The number of anilines is 1. The highest BCUT2D eigenvalue weighted by atomic mass is 32.2. The Kier molecular flexibility index (Phi) is 8.08. The van der Waals surface area contributed by atoms with Crippen molar-refractivity contribution in [2.75, 3.05) is 25.1 Å². The van der Waals surface area contributed by atoms with Crippen LogP contribution in [0.5, 0.6) is 0 Å². The molecule has 124 valence electrons. The smallest absolute Gasteiger partial charge is 0.240 e. The van der Waals surface area contributed by atoms with Crippen LogP contribution in [-0.4, -0.2) is 34.1 Å². The van der Waals surface area contributed by atoms with Crippen LogP contribution in [0.1, 0.15) is 33.1 Å². The minimum Gasteiger partial charge on any atom is -0.381 e. The lowest BCUT2D eigenvalue weighted by Gasteiger charge is -2.08. The van der Waals surface area contributed by atoms with Crippen LogP contribution in [0.4, 0.5) is 5.69 Å². The van der Waals surface area contributed by atoms with Crippen LogP contribution < -0.4 is 10.0 Å². The molecule has 1 rings (SSSR count). The molecule has 0 radical (unpaired) electrons. The normalized spacial score (nSPS) is 11.4. The summed E-state index contributed by atoms with van der Waals surface area (Å²) in [6.45, 7) is 5.09. The number of rotatable bonds is 10. The number of unbranched alkanes of at least 4 members (excludes halogenated alkanes) is 1. The number of ether oxygens (including phenoxy) is 1. The van der Waals surface area contributed by atoms with Crippen LogP contribution in [-0.2, 0) is 19.6 Å². The van der Waals surface area contributed by atoms with E-state index in [1.807, 2.05) is 0 Å². The summed E-state index contributed by atoms with van der Waals surface area (Å²) >= 11 is 0. The third-order valence-corrected chi connectivity index (χ3v) is 4.36. The van der Waals surface area contributed by atoms with Gasteiger partial charge in [0.2, 0.25) is 15.9 Å². The second kappa shape index (κ2) is 9.55. The van der Waals surface area contributed by atoms with Gasteiger partial charge in [0.1, 0.15) is 0 Å². The molecule has 1 amide bonds. The first-order valence-corrected chi connectivity index (χ1v) is 8.89. The number of amides is 1. The highest BCUT2D eigenvalue weighted by Crippen LogP contribution is 2.13. The van der Waals surface area contributed by atoms with Crippen molar-refractivity contribution in [3.05, 3.63) is 24.3 Å². The molecule has 0 atom stereocenters. The quantitative estimate of drug-likeness (QED) is 0.644. The molecule has 0 unspecified atom stereocenters. The zero-order valence-corrected chi connectivity index (χ0v) is 13.9.